The summed E-state index contributed by atoms with van der Waals surface area (Å²) in [5.41, 5.74) is 6.63. The third kappa shape index (κ3) is 4.37. The second kappa shape index (κ2) is 8.47. The Labute approximate surface area is 167 Å². The second-order valence-corrected chi connectivity index (χ2v) is 6.71. The average molecular weight is 393 g/mol. The predicted octanol–water partition coefficient (Wildman–Crippen LogP) is 1.27. The van der Waals surface area contributed by atoms with E-state index in [9.17, 15) is 14.4 Å². The van der Waals surface area contributed by atoms with Gasteiger partial charge >= 0.3 is 5.69 Å². The van der Waals surface area contributed by atoms with Gasteiger partial charge in [0.05, 0.1) is 13.1 Å². The monoisotopic (exact) mass is 393 g/mol. The van der Waals surface area contributed by atoms with Gasteiger partial charge in [0.2, 0.25) is 5.91 Å². The van der Waals surface area contributed by atoms with Crippen LogP contribution in [0, 0.1) is 0 Å². The summed E-state index contributed by atoms with van der Waals surface area (Å²) in [5, 5.41) is 0. The molecule has 29 heavy (non-hydrogen) atoms. The molecule has 0 bridgehead atoms. The number of likely N-dealkylation sites (N-methyl/N-ethyl adjacent to an activating group) is 2. The number of carbonyl (C=O) groups excluding carboxylic acids is 1. The fourth-order valence-corrected chi connectivity index (χ4v) is 3.05. The van der Waals surface area contributed by atoms with Gasteiger partial charge in [-0.25, -0.2) is 4.79 Å². The molecule has 3 N–H and O–H groups in total. The van der Waals surface area contributed by atoms with Gasteiger partial charge in [-0.1, -0.05) is 48.5 Å². The van der Waals surface area contributed by atoms with Crippen LogP contribution >= 0.6 is 0 Å². The van der Waals surface area contributed by atoms with Crippen molar-refractivity contribution in [1.82, 2.24) is 9.55 Å². The van der Waals surface area contributed by atoms with Crippen molar-refractivity contribution in [2.45, 2.75) is 6.54 Å². The number of hydrogen-bond acceptors (Lipinski definition) is 5. The summed E-state index contributed by atoms with van der Waals surface area (Å²) >= 11 is 0. The highest BCUT2D eigenvalue weighted by atomic mass is 16.2. The van der Waals surface area contributed by atoms with E-state index in [2.05, 4.69) is 4.98 Å². The van der Waals surface area contributed by atoms with Gasteiger partial charge in [0, 0.05) is 19.8 Å². The second-order valence-electron chi connectivity index (χ2n) is 6.71. The fraction of sp³-hybridized carbons (Fsp3) is 0.190. The van der Waals surface area contributed by atoms with Crippen LogP contribution in [0.25, 0.3) is 0 Å². The lowest BCUT2D eigenvalue weighted by atomic mass is 10.2. The molecule has 1 aromatic heterocycles. The van der Waals surface area contributed by atoms with Crippen LogP contribution in [0.1, 0.15) is 5.56 Å². The number of carbonyl (C=O) groups is 1. The van der Waals surface area contributed by atoms with E-state index in [1.54, 1.807) is 14.1 Å². The third-order valence-electron chi connectivity index (χ3n) is 4.67. The van der Waals surface area contributed by atoms with Gasteiger partial charge in [0.15, 0.2) is 0 Å². The first kappa shape index (κ1) is 19.9. The molecule has 0 aliphatic heterocycles. The van der Waals surface area contributed by atoms with Crippen molar-refractivity contribution in [2.75, 3.05) is 36.2 Å². The van der Waals surface area contributed by atoms with Gasteiger partial charge in [-0.2, -0.15) is 0 Å². The van der Waals surface area contributed by atoms with E-state index in [4.69, 9.17) is 5.73 Å². The minimum atomic E-state index is -0.630. The standard InChI is InChI=1S/C21H23N5O3/c1-24(14-17(27)25(2)16-11-7-4-8-12-16)18-19(22)26(21(29)23-20(18)28)13-15-9-5-3-6-10-15/h3-12H,13-14,22H2,1-2H3,(H,23,28,29). The molecule has 0 aliphatic rings. The maximum absolute atomic E-state index is 12.7. The van der Waals surface area contributed by atoms with Crippen LogP contribution < -0.4 is 26.8 Å². The molecule has 8 heteroatoms. The minimum Gasteiger partial charge on any atom is -0.383 e. The number of H-pyrrole nitrogens is 1. The zero-order valence-electron chi connectivity index (χ0n) is 16.3. The Hall–Kier alpha value is -3.81. The normalized spacial score (nSPS) is 10.6. The van der Waals surface area contributed by atoms with Crippen molar-refractivity contribution in [3.63, 3.8) is 0 Å². The number of amides is 1. The third-order valence-corrected chi connectivity index (χ3v) is 4.67. The number of hydrogen-bond donors (Lipinski definition) is 2. The van der Waals surface area contributed by atoms with Crippen LogP contribution in [0.5, 0.6) is 0 Å². The van der Waals surface area contributed by atoms with E-state index in [0.29, 0.717) is 0 Å². The molecule has 0 aliphatic carbocycles. The van der Waals surface area contributed by atoms with Crippen LogP contribution in [-0.2, 0) is 11.3 Å². The number of benzene rings is 2. The molecule has 0 saturated carbocycles. The maximum atomic E-state index is 12.7. The van der Waals surface area contributed by atoms with Crippen molar-refractivity contribution in [3.05, 3.63) is 87.1 Å². The molecule has 3 rings (SSSR count). The highest BCUT2D eigenvalue weighted by Gasteiger charge is 2.20. The molecular weight excluding hydrogens is 370 g/mol. The van der Waals surface area contributed by atoms with Crippen molar-refractivity contribution in [1.29, 1.82) is 0 Å². The molecule has 2 aromatic carbocycles. The summed E-state index contributed by atoms with van der Waals surface area (Å²) in [5.74, 6) is -0.210. The quantitative estimate of drug-likeness (QED) is 0.656. The van der Waals surface area contributed by atoms with Gasteiger partial charge in [0.25, 0.3) is 5.56 Å². The van der Waals surface area contributed by atoms with E-state index < -0.39 is 11.2 Å². The Bertz CT molecular complexity index is 1110. The van der Waals surface area contributed by atoms with E-state index in [0.717, 1.165) is 11.3 Å². The number of para-hydroxylation sites is 1. The molecular formula is C21H23N5O3. The first-order valence-electron chi connectivity index (χ1n) is 9.07. The van der Waals surface area contributed by atoms with E-state index in [1.807, 2.05) is 60.7 Å². The largest absolute Gasteiger partial charge is 0.383 e. The first-order valence-corrected chi connectivity index (χ1v) is 9.07. The lowest BCUT2D eigenvalue weighted by Crippen LogP contribution is -2.42. The predicted molar refractivity (Wildman–Crippen MR) is 114 cm³/mol. The van der Waals surface area contributed by atoms with Crippen LogP contribution in [0.4, 0.5) is 17.2 Å². The summed E-state index contributed by atoms with van der Waals surface area (Å²) in [6.07, 6.45) is 0. The molecule has 8 nitrogen and oxygen atoms in total. The summed E-state index contributed by atoms with van der Waals surface area (Å²) in [7, 11) is 3.25. The number of anilines is 3. The van der Waals surface area contributed by atoms with Gasteiger partial charge in [-0.15, -0.1) is 0 Å². The molecule has 1 heterocycles. The molecule has 0 saturated heterocycles. The van der Waals surface area contributed by atoms with E-state index in [-0.39, 0.29) is 30.5 Å². The Morgan fingerprint density at radius 2 is 1.59 bits per heavy atom. The van der Waals surface area contributed by atoms with Crippen LogP contribution in [0.15, 0.2) is 70.3 Å². The zero-order valence-corrected chi connectivity index (χ0v) is 16.3. The van der Waals surface area contributed by atoms with Crippen LogP contribution in [0.2, 0.25) is 0 Å². The topological polar surface area (TPSA) is 104 Å². The molecule has 0 atom stereocenters. The summed E-state index contributed by atoms with van der Waals surface area (Å²) in [6.45, 7) is 0.128. The lowest BCUT2D eigenvalue weighted by molar-refractivity contribution is -0.117. The molecule has 0 radical (unpaired) electrons. The number of nitrogen functional groups attached to an aromatic ring is 1. The van der Waals surface area contributed by atoms with Gasteiger partial charge in [-0.05, 0) is 17.7 Å². The number of rotatable bonds is 6. The minimum absolute atomic E-state index is 0.0141. The van der Waals surface area contributed by atoms with Crippen molar-refractivity contribution >= 4 is 23.1 Å². The maximum Gasteiger partial charge on any atom is 0.330 e. The zero-order chi connectivity index (χ0) is 21.0. The highest BCUT2D eigenvalue weighted by molar-refractivity contribution is 5.96. The molecule has 1 amide bonds. The number of nitrogens with one attached hydrogen (secondary N) is 1. The van der Waals surface area contributed by atoms with Gasteiger partial charge in [-0.3, -0.25) is 19.1 Å². The first-order chi connectivity index (χ1) is 13.9. The lowest BCUT2D eigenvalue weighted by Gasteiger charge is -2.24. The number of nitrogens with two attached hydrogens (primary N) is 1. The van der Waals surface area contributed by atoms with Gasteiger partial charge in [0.1, 0.15) is 11.5 Å². The van der Waals surface area contributed by atoms with Crippen LogP contribution in [0.3, 0.4) is 0 Å². The highest BCUT2D eigenvalue weighted by Crippen LogP contribution is 2.17. The van der Waals surface area contributed by atoms with Crippen LogP contribution in [-0.4, -0.2) is 36.1 Å². The van der Waals surface area contributed by atoms with Crippen molar-refractivity contribution in [3.8, 4) is 0 Å². The fourth-order valence-electron chi connectivity index (χ4n) is 3.05. The molecule has 0 fully saturated rings. The summed E-state index contributed by atoms with van der Waals surface area (Å²) in [4.78, 5) is 42.6. The Kier molecular flexibility index (Phi) is 5.82. The Balaban J connectivity index is 1.87. The molecule has 150 valence electrons. The van der Waals surface area contributed by atoms with E-state index in [1.165, 1.54) is 14.4 Å². The average Bonchev–Trinajstić information content (AvgIpc) is 2.71. The Morgan fingerprint density at radius 3 is 2.21 bits per heavy atom. The van der Waals surface area contributed by atoms with E-state index >= 15 is 0 Å². The smallest absolute Gasteiger partial charge is 0.330 e. The summed E-state index contributed by atoms with van der Waals surface area (Å²) < 4.78 is 1.29. The number of nitrogens with zero attached hydrogens (tertiary/aromatic N) is 3. The number of aromatic amines is 1. The molecule has 3 aromatic rings. The van der Waals surface area contributed by atoms with Crippen molar-refractivity contribution in [2.24, 2.45) is 0 Å². The van der Waals surface area contributed by atoms with Crippen molar-refractivity contribution < 1.29 is 4.79 Å². The SMILES string of the molecule is CN(CC(=O)N(C)c1ccccc1)c1c(N)n(Cc2ccccc2)c(=O)[nH]c1=O. The Morgan fingerprint density at radius 1 is 1.00 bits per heavy atom. The van der Waals surface area contributed by atoms with Gasteiger partial charge < -0.3 is 15.5 Å². The number of aromatic nitrogens is 2. The molecule has 0 unspecified atom stereocenters. The summed E-state index contributed by atoms with van der Waals surface area (Å²) in [6, 6.07) is 18.5. The molecule has 0 spiro atoms.